The van der Waals surface area contributed by atoms with Gasteiger partial charge < -0.3 is 10.0 Å². The molecule has 0 saturated carbocycles. The Kier molecular flexibility index (Phi) is 4.17. The first-order chi connectivity index (χ1) is 7.69. The van der Waals surface area contributed by atoms with Gasteiger partial charge in [-0.2, -0.15) is 0 Å². The fourth-order valence-electron chi connectivity index (χ4n) is 2.30. The summed E-state index contributed by atoms with van der Waals surface area (Å²) in [5.41, 5.74) is -0.0451. The van der Waals surface area contributed by atoms with E-state index < -0.39 is 11.9 Å². The summed E-state index contributed by atoms with van der Waals surface area (Å²) in [5, 5.41) is 9.05. The SMILES string of the molecule is CC1CC(C(=O)O)CN(C(=O)CC(C)(C)C)C1. The van der Waals surface area contributed by atoms with E-state index >= 15 is 0 Å². The lowest BCUT2D eigenvalue weighted by molar-refractivity contribution is -0.147. The van der Waals surface area contributed by atoms with Gasteiger partial charge in [0.1, 0.15) is 0 Å². The van der Waals surface area contributed by atoms with Gasteiger partial charge in [0.15, 0.2) is 0 Å². The van der Waals surface area contributed by atoms with E-state index in [0.717, 1.165) is 0 Å². The maximum Gasteiger partial charge on any atom is 0.308 e. The number of hydrogen-bond donors (Lipinski definition) is 1. The lowest BCUT2D eigenvalue weighted by Crippen LogP contribution is -2.46. The highest BCUT2D eigenvalue weighted by atomic mass is 16.4. The Morgan fingerprint density at radius 2 is 1.88 bits per heavy atom. The normalized spacial score (nSPS) is 25.8. The summed E-state index contributed by atoms with van der Waals surface area (Å²) >= 11 is 0. The van der Waals surface area contributed by atoms with Crippen LogP contribution in [-0.2, 0) is 9.59 Å². The number of aliphatic carboxylic acids is 1. The molecule has 0 aromatic carbocycles. The first-order valence-corrected chi connectivity index (χ1v) is 6.19. The fourth-order valence-corrected chi connectivity index (χ4v) is 2.30. The number of carbonyl (C=O) groups is 2. The van der Waals surface area contributed by atoms with Crippen LogP contribution in [0.1, 0.15) is 40.5 Å². The molecule has 0 aromatic heterocycles. The molecule has 4 nitrogen and oxygen atoms in total. The number of carbonyl (C=O) groups excluding carboxylic acids is 1. The van der Waals surface area contributed by atoms with E-state index in [1.807, 2.05) is 27.7 Å². The van der Waals surface area contributed by atoms with Crippen molar-refractivity contribution in [2.24, 2.45) is 17.3 Å². The molecular weight excluding hydrogens is 218 g/mol. The summed E-state index contributed by atoms with van der Waals surface area (Å²) < 4.78 is 0. The Morgan fingerprint density at radius 3 is 2.35 bits per heavy atom. The number of nitrogens with zero attached hydrogens (tertiary/aromatic N) is 1. The van der Waals surface area contributed by atoms with Gasteiger partial charge in [0.2, 0.25) is 5.91 Å². The van der Waals surface area contributed by atoms with Crippen LogP contribution >= 0.6 is 0 Å². The molecule has 98 valence electrons. The van der Waals surface area contributed by atoms with E-state index in [1.54, 1.807) is 4.90 Å². The van der Waals surface area contributed by atoms with Crippen LogP contribution in [0.5, 0.6) is 0 Å². The number of carboxylic acids is 1. The monoisotopic (exact) mass is 241 g/mol. The number of likely N-dealkylation sites (tertiary alicyclic amines) is 1. The molecule has 2 unspecified atom stereocenters. The Labute approximate surface area is 103 Å². The Bertz CT molecular complexity index is 306. The van der Waals surface area contributed by atoms with Crippen LogP contribution in [0.4, 0.5) is 0 Å². The largest absolute Gasteiger partial charge is 0.481 e. The van der Waals surface area contributed by atoms with Gasteiger partial charge in [0.05, 0.1) is 5.92 Å². The average Bonchev–Trinajstić information content (AvgIpc) is 2.13. The van der Waals surface area contributed by atoms with Crippen LogP contribution in [0.3, 0.4) is 0 Å². The van der Waals surface area contributed by atoms with Crippen molar-refractivity contribution in [3.8, 4) is 0 Å². The molecule has 0 spiro atoms. The third kappa shape index (κ3) is 4.36. The first-order valence-electron chi connectivity index (χ1n) is 6.19. The lowest BCUT2D eigenvalue weighted by atomic mass is 9.88. The van der Waals surface area contributed by atoms with Gasteiger partial charge in [0.25, 0.3) is 0 Å². The molecular formula is C13H23NO3. The molecule has 1 amide bonds. The van der Waals surface area contributed by atoms with Crippen molar-refractivity contribution < 1.29 is 14.7 Å². The van der Waals surface area contributed by atoms with E-state index in [-0.39, 0.29) is 17.2 Å². The summed E-state index contributed by atoms with van der Waals surface area (Å²) in [6, 6.07) is 0. The van der Waals surface area contributed by atoms with Gasteiger partial charge in [0, 0.05) is 19.5 Å². The molecule has 1 heterocycles. The molecule has 1 aliphatic heterocycles. The number of carboxylic acid groups (broad SMARTS) is 1. The number of piperidine rings is 1. The predicted molar refractivity (Wildman–Crippen MR) is 65.6 cm³/mol. The maximum atomic E-state index is 12.1. The second-order valence-electron chi connectivity index (χ2n) is 6.41. The fraction of sp³-hybridized carbons (Fsp3) is 0.846. The van der Waals surface area contributed by atoms with Crippen molar-refractivity contribution in [1.82, 2.24) is 4.90 Å². The van der Waals surface area contributed by atoms with E-state index in [0.29, 0.717) is 25.9 Å². The minimum atomic E-state index is -0.787. The highest BCUT2D eigenvalue weighted by molar-refractivity contribution is 5.78. The standard InChI is InChI=1S/C13H23NO3/c1-9-5-10(12(16)17)8-14(7-9)11(15)6-13(2,3)4/h9-10H,5-8H2,1-4H3,(H,16,17). The van der Waals surface area contributed by atoms with E-state index in [4.69, 9.17) is 5.11 Å². The smallest absolute Gasteiger partial charge is 0.308 e. The van der Waals surface area contributed by atoms with Crippen LogP contribution < -0.4 is 0 Å². The first kappa shape index (κ1) is 14.0. The molecule has 1 fully saturated rings. The molecule has 0 bridgehead atoms. The Balaban J connectivity index is 2.64. The molecule has 1 rings (SSSR count). The van der Waals surface area contributed by atoms with Crippen molar-refractivity contribution in [1.29, 1.82) is 0 Å². The minimum absolute atomic E-state index is 0.0451. The average molecular weight is 241 g/mol. The molecule has 4 heteroatoms. The van der Waals surface area contributed by atoms with Gasteiger partial charge in [-0.05, 0) is 17.8 Å². The third-order valence-electron chi connectivity index (χ3n) is 3.04. The molecule has 1 N–H and O–H groups in total. The molecule has 0 aromatic rings. The van der Waals surface area contributed by atoms with Crippen molar-refractivity contribution in [3.05, 3.63) is 0 Å². The van der Waals surface area contributed by atoms with Gasteiger partial charge in [-0.3, -0.25) is 9.59 Å². The quantitative estimate of drug-likeness (QED) is 0.804. The van der Waals surface area contributed by atoms with E-state index in [2.05, 4.69) is 0 Å². The molecule has 17 heavy (non-hydrogen) atoms. The van der Waals surface area contributed by atoms with Crippen LogP contribution in [0.2, 0.25) is 0 Å². The zero-order valence-corrected chi connectivity index (χ0v) is 11.2. The highest BCUT2D eigenvalue weighted by Crippen LogP contribution is 2.25. The molecule has 2 atom stereocenters. The molecule has 0 radical (unpaired) electrons. The summed E-state index contributed by atoms with van der Waals surface area (Å²) in [6.07, 6.45) is 1.15. The van der Waals surface area contributed by atoms with Gasteiger partial charge in [-0.1, -0.05) is 27.7 Å². The van der Waals surface area contributed by atoms with Gasteiger partial charge in [-0.25, -0.2) is 0 Å². The Morgan fingerprint density at radius 1 is 1.29 bits per heavy atom. The maximum absolute atomic E-state index is 12.1. The van der Waals surface area contributed by atoms with Crippen molar-refractivity contribution in [2.75, 3.05) is 13.1 Å². The zero-order valence-electron chi connectivity index (χ0n) is 11.2. The molecule has 1 saturated heterocycles. The van der Waals surface area contributed by atoms with Crippen LogP contribution in [0, 0.1) is 17.3 Å². The minimum Gasteiger partial charge on any atom is -0.481 e. The van der Waals surface area contributed by atoms with E-state index in [9.17, 15) is 9.59 Å². The zero-order chi connectivity index (χ0) is 13.2. The number of hydrogen-bond acceptors (Lipinski definition) is 2. The Hall–Kier alpha value is -1.06. The van der Waals surface area contributed by atoms with Crippen LogP contribution in [-0.4, -0.2) is 35.0 Å². The predicted octanol–water partition coefficient (Wildman–Crippen LogP) is 1.99. The van der Waals surface area contributed by atoms with Crippen molar-refractivity contribution in [3.63, 3.8) is 0 Å². The second kappa shape index (κ2) is 5.07. The third-order valence-corrected chi connectivity index (χ3v) is 3.04. The van der Waals surface area contributed by atoms with Gasteiger partial charge >= 0.3 is 5.97 Å². The number of amides is 1. The van der Waals surface area contributed by atoms with Crippen molar-refractivity contribution in [2.45, 2.75) is 40.5 Å². The summed E-state index contributed by atoms with van der Waals surface area (Å²) in [7, 11) is 0. The lowest BCUT2D eigenvalue weighted by Gasteiger charge is -2.36. The number of rotatable bonds is 2. The van der Waals surface area contributed by atoms with Crippen LogP contribution in [0.15, 0.2) is 0 Å². The topological polar surface area (TPSA) is 57.6 Å². The summed E-state index contributed by atoms with van der Waals surface area (Å²) in [4.78, 5) is 24.8. The summed E-state index contributed by atoms with van der Waals surface area (Å²) in [6.45, 7) is 9.13. The second-order valence-corrected chi connectivity index (χ2v) is 6.41. The van der Waals surface area contributed by atoms with Crippen molar-refractivity contribution >= 4 is 11.9 Å². The summed E-state index contributed by atoms with van der Waals surface area (Å²) in [5.74, 6) is -0.836. The molecule has 1 aliphatic rings. The highest BCUT2D eigenvalue weighted by Gasteiger charge is 2.32. The van der Waals surface area contributed by atoms with Crippen LogP contribution in [0.25, 0.3) is 0 Å². The molecule has 0 aliphatic carbocycles. The van der Waals surface area contributed by atoms with Gasteiger partial charge in [-0.15, -0.1) is 0 Å². The van der Waals surface area contributed by atoms with E-state index in [1.165, 1.54) is 0 Å².